The average molecular weight is 379 g/mol. The van der Waals surface area contributed by atoms with Gasteiger partial charge in [0.15, 0.2) is 11.5 Å². The summed E-state index contributed by atoms with van der Waals surface area (Å²) < 4.78 is 10.6. The Morgan fingerprint density at radius 2 is 1.96 bits per heavy atom. The molecular weight excluding hydrogens is 356 g/mol. The predicted molar refractivity (Wildman–Crippen MR) is 109 cm³/mol. The van der Waals surface area contributed by atoms with E-state index in [1.807, 2.05) is 55.7 Å². The molecule has 0 aliphatic heterocycles. The summed E-state index contributed by atoms with van der Waals surface area (Å²) >= 11 is 5.45. The molecule has 2 rings (SSSR count). The molecule has 0 saturated heterocycles. The van der Waals surface area contributed by atoms with Crippen molar-refractivity contribution < 1.29 is 9.47 Å². The highest BCUT2D eigenvalue weighted by Crippen LogP contribution is 2.27. The molecule has 0 aliphatic carbocycles. The molecule has 0 fully saturated rings. The van der Waals surface area contributed by atoms with E-state index in [-0.39, 0.29) is 12.4 Å². The number of halogens is 1. The minimum absolute atomic E-state index is 0. The molecule has 2 aromatic rings. The maximum atomic E-state index is 5.45. The van der Waals surface area contributed by atoms with Crippen LogP contribution in [0.5, 0.6) is 11.5 Å². The molecule has 0 spiro atoms. The topological polar surface area (TPSA) is 34.6 Å². The first-order valence-corrected chi connectivity index (χ1v) is 8.09. The van der Waals surface area contributed by atoms with E-state index in [0.717, 1.165) is 35.0 Å². The number of rotatable bonds is 7. The van der Waals surface area contributed by atoms with E-state index in [1.165, 1.54) is 5.56 Å². The summed E-state index contributed by atoms with van der Waals surface area (Å²) in [5.41, 5.74) is 2.21. The van der Waals surface area contributed by atoms with Crippen molar-refractivity contribution >= 4 is 35.7 Å². The molecule has 1 aromatic carbocycles. The molecule has 0 atom stereocenters. The lowest BCUT2D eigenvalue weighted by Gasteiger charge is -2.18. The van der Waals surface area contributed by atoms with E-state index >= 15 is 0 Å². The quantitative estimate of drug-likeness (QED) is 0.536. The number of pyridine rings is 1. The third-order valence-corrected chi connectivity index (χ3v) is 4.11. The molecule has 134 valence electrons. The van der Waals surface area contributed by atoms with Gasteiger partial charge in [0.05, 0.1) is 14.2 Å². The minimum atomic E-state index is 0. The Morgan fingerprint density at radius 1 is 1.20 bits per heavy atom. The monoisotopic (exact) mass is 378 g/mol. The molecule has 0 amide bonds. The first kappa shape index (κ1) is 20.9. The van der Waals surface area contributed by atoms with Crippen molar-refractivity contribution in [1.82, 2.24) is 9.88 Å². The third-order valence-electron chi connectivity index (χ3n) is 3.66. The van der Waals surface area contributed by atoms with Gasteiger partial charge in [-0.05, 0) is 41.8 Å². The van der Waals surface area contributed by atoms with Gasteiger partial charge in [-0.1, -0.05) is 30.4 Å². The van der Waals surface area contributed by atoms with Crippen LogP contribution in [0, 0.1) is 0 Å². The van der Waals surface area contributed by atoms with Gasteiger partial charge in [0.2, 0.25) is 0 Å². The van der Waals surface area contributed by atoms with E-state index in [0.29, 0.717) is 0 Å². The van der Waals surface area contributed by atoms with Crippen molar-refractivity contribution in [3.8, 4) is 11.5 Å². The first-order valence-electron chi connectivity index (χ1n) is 7.68. The summed E-state index contributed by atoms with van der Waals surface area (Å²) in [5, 5.41) is 0. The van der Waals surface area contributed by atoms with Crippen molar-refractivity contribution in [2.75, 3.05) is 27.8 Å². The van der Waals surface area contributed by atoms with Crippen LogP contribution in [0.2, 0.25) is 0 Å². The zero-order valence-electron chi connectivity index (χ0n) is 14.6. The molecule has 0 bridgehead atoms. The van der Waals surface area contributed by atoms with Crippen LogP contribution in [0.15, 0.2) is 48.8 Å². The van der Waals surface area contributed by atoms with Gasteiger partial charge in [-0.3, -0.25) is 4.98 Å². The Kier molecular flexibility index (Phi) is 8.95. The van der Waals surface area contributed by atoms with Gasteiger partial charge in [-0.2, -0.15) is 0 Å². The van der Waals surface area contributed by atoms with Crippen molar-refractivity contribution in [1.29, 1.82) is 0 Å². The lowest BCUT2D eigenvalue weighted by atomic mass is 10.1. The highest BCUT2D eigenvalue weighted by atomic mass is 35.5. The Bertz CT molecular complexity index is 708. The fraction of sp³-hybridized carbons (Fsp3) is 0.263. The largest absolute Gasteiger partial charge is 0.493 e. The zero-order valence-corrected chi connectivity index (χ0v) is 16.3. The van der Waals surface area contributed by atoms with E-state index in [9.17, 15) is 0 Å². The Morgan fingerprint density at radius 3 is 2.60 bits per heavy atom. The minimum Gasteiger partial charge on any atom is -0.493 e. The molecule has 0 saturated carbocycles. The summed E-state index contributed by atoms with van der Waals surface area (Å²) in [6.45, 7) is 0.825. The number of hydrogen-bond donors (Lipinski definition) is 0. The SMILES string of the molecule is COc1ccc(CCN(C)C(=S)/C=C/c2cccnc2)cc1OC.Cl. The van der Waals surface area contributed by atoms with E-state index in [4.69, 9.17) is 21.7 Å². The van der Waals surface area contributed by atoms with Gasteiger partial charge in [0.25, 0.3) is 0 Å². The van der Waals surface area contributed by atoms with Crippen molar-refractivity contribution in [3.05, 3.63) is 59.9 Å². The zero-order chi connectivity index (χ0) is 17.4. The molecule has 25 heavy (non-hydrogen) atoms. The fourth-order valence-corrected chi connectivity index (χ4v) is 2.37. The maximum absolute atomic E-state index is 5.45. The number of likely N-dealkylation sites (N-methyl/N-ethyl adjacent to an activating group) is 1. The van der Waals surface area contributed by atoms with Gasteiger partial charge in [-0.15, -0.1) is 12.4 Å². The van der Waals surface area contributed by atoms with Crippen LogP contribution in [0.4, 0.5) is 0 Å². The van der Waals surface area contributed by atoms with E-state index in [1.54, 1.807) is 20.4 Å². The summed E-state index contributed by atoms with van der Waals surface area (Å²) in [6, 6.07) is 9.87. The Hall–Kier alpha value is -2.11. The lowest BCUT2D eigenvalue weighted by Crippen LogP contribution is -2.25. The second kappa shape index (κ2) is 10.7. The smallest absolute Gasteiger partial charge is 0.160 e. The van der Waals surface area contributed by atoms with E-state index < -0.39 is 0 Å². The van der Waals surface area contributed by atoms with Gasteiger partial charge in [0.1, 0.15) is 4.99 Å². The molecule has 1 heterocycles. The number of hydrogen-bond acceptors (Lipinski definition) is 4. The average Bonchev–Trinajstić information content (AvgIpc) is 2.64. The standard InChI is InChI=1S/C19H22N2O2S.ClH/c1-21(19(24)9-7-16-5-4-11-20-14-16)12-10-15-6-8-17(22-2)18(13-15)23-3;/h4-9,11,13-14H,10,12H2,1-3H3;1H/b9-7+;. The molecule has 6 heteroatoms. The fourth-order valence-electron chi connectivity index (χ4n) is 2.21. The maximum Gasteiger partial charge on any atom is 0.160 e. The van der Waals surface area contributed by atoms with Crippen LogP contribution in [0.3, 0.4) is 0 Å². The van der Waals surface area contributed by atoms with Gasteiger partial charge in [-0.25, -0.2) is 0 Å². The van der Waals surface area contributed by atoms with Crippen LogP contribution in [0.25, 0.3) is 6.08 Å². The van der Waals surface area contributed by atoms with Crippen LogP contribution < -0.4 is 9.47 Å². The number of benzene rings is 1. The molecule has 0 N–H and O–H groups in total. The lowest BCUT2D eigenvalue weighted by molar-refractivity contribution is 0.354. The first-order chi connectivity index (χ1) is 11.6. The number of ether oxygens (including phenoxy) is 2. The van der Waals surface area contributed by atoms with Crippen LogP contribution in [-0.2, 0) is 6.42 Å². The van der Waals surface area contributed by atoms with Crippen LogP contribution >= 0.6 is 24.6 Å². The number of methoxy groups -OCH3 is 2. The van der Waals surface area contributed by atoms with Gasteiger partial charge in [0, 0.05) is 26.0 Å². The molecule has 0 aliphatic rings. The van der Waals surface area contributed by atoms with Gasteiger partial charge < -0.3 is 14.4 Å². The normalized spacial score (nSPS) is 10.2. The molecule has 0 radical (unpaired) electrons. The number of thiocarbonyl (C=S) groups is 1. The summed E-state index contributed by atoms with van der Waals surface area (Å²) in [7, 11) is 5.28. The molecule has 4 nitrogen and oxygen atoms in total. The van der Waals surface area contributed by atoms with Crippen molar-refractivity contribution in [3.63, 3.8) is 0 Å². The highest BCUT2D eigenvalue weighted by molar-refractivity contribution is 7.80. The van der Waals surface area contributed by atoms with Crippen LogP contribution in [0.1, 0.15) is 11.1 Å². The predicted octanol–water partition coefficient (Wildman–Crippen LogP) is 4.04. The second-order valence-corrected chi connectivity index (χ2v) is 5.74. The highest BCUT2D eigenvalue weighted by Gasteiger charge is 2.06. The molecular formula is C19H23ClN2O2S. The number of aromatic nitrogens is 1. The third kappa shape index (κ3) is 6.36. The summed E-state index contributed by atoms with van der Waals surface area (Å²) in [4.78, 5) is 6.93. The van der Waals surface area contributed by atoms with Crippen LogP contribution in [-0.4, -0.2) is 42.7 Å². The Labute approximate surface area is 160 Å². The number of nitrogens with zero attached hydrogens (tertiary/aromatic N) is 2. The molecule has 1 aromatic heterocycles. The summed E-state index contributed by atoms with van der Waals surface area (Å²) in [5.74, 6) is 1.49. The second-order valence-electron chi connectivity index (χ2n) is 5.32. The van der Waals surface area contributed by atoms with Gasteiger partial charge >= 0.3 is 0 Å². The van der Waals surface area contributed by atoms with Crippen molar-refractivity contribution in [2.45, 2.75) is 6.42 Å². The molecule has 0 unspecified atom stereocenters. The Balaban J connectivity index is 0.00000312. The van der Waals surface area contributed by atoms with E-state index in [2.05, 4.69) is 9.88 Å². The van der Waals surface area contributed by atoms with Crippen molar-refractivity contribution in [2.24, 2.45) is 0 Å². The summed E-state index contributed by atoms with van der Waals surface area (Å²) in [6.07, 6.45) is 8.34.